The smallest absolute Gasteiger partial charge is 0.303 e. The van der Waals surface area contributed by atoms with Crippen LogP contribution in [0.15, 0.2) is 11.0 Å². The number of rotatable bonds is 4. The summed E-state index contributed by atoms with van der Waals surface area (Å²) in [6, 6.07) is 0.270. The largest absolute Gasteiger partial charge is 0.481 e. The summed E-state index contributed by atoms with van der Waals surface area (Å²) in [5, 5.41) is 8.75. The molecule has 0 aromatic carbocycles. The lowest BCUT2D eigenvalue weighted by Crippen LogP contribution is -2.27. The topological polar surface area (TPSA) is 72.2 Å². The van der Waals surface area contributed by atoms with Crippen molar-refractivity contribution in [2.45, 2.75) is 45.1 Å². The number of aromatic nitrogens is 2. The monoisotopic (exact) mass is 236 g/mol. The number of carbonyl (C=O) groups is 1. The molecule has 0 radical (unpaired) electrons. The van der Waals surface area contributed by atoms with Crippen molar-refractivity contribution in [3.63, 3.8) is 0 Å². The maximum absolute atomic E-state index is 12.2. The summed E-state index contributed by atoms with van der Waals surface area (Å²) in [5.41, 5.74) is 0.429. The minimum Gasteiger partial charge on any atom is -0.481 e. The second-order valence-electron chi connectivity index (χ2n) is 4.67. The summed E-state index contributed by atoms with van der Waals surface area (Å²) in [6.07, 6.45) is 3.51. The summed E-state index contributed by atoms with van der Waals surface area (Å²) in [5.74, 6) is -0.475. The van der Waals surface area contributed by atoms with Crippen molar-refractivity contribution in [2.24, 2.45) is 0 Å². The van der Waals surface area contributed by atoms with Crippen LogP contribution in [0.3, 0.4) is 0 Å². The fourth-order valence-electron chi connectivity index (χ4n) is 2.04. The molecule has 0 amide bonds. The predicted molar refractivity (Wildman–Crippen MR) is 62.2 cm³/mol. The van der Waals surface area contributed by atoms with Crippen molar-refractivity contribution >= 4 is 5.97 Å². The number of aryl methyl sites for hydroxylation is 1. The predicted octanol–water partition coefficient (Wildman–Crippen LogP) is 1.46. The van der Waals surface area contributed by atoms with Crippen LogP contribution in [0, 0.1) is 6.92 Å². The Morgan fingerprint density at radius 1 is 1.65 bits per heavy atom. The van der Waals surface area contributed by atoms with E-state index in [2.05, 4.69) is 4.98 Å². The van der Waals surface area contributed by atoms with E-state index in [1.54, 1.807) is 11.5 Å². The van der Waals surface area contributed by atoms with E-state index >= 15 is 0 Å². The Hall–Kier alpha value is -1.65. The highest BCUT2D eigenvalue weighted by Crippen LogP contribution is 2.34. The quantitative estimate of drug-likeness (QED) is 0.859. The molecular formula is C12H16N2O3. The lowest BCUT2D eigenvalue weighted by Gasteiger charge is -2.13. The first kappa shape index (κ1) is 11.8. The summed E-state index contributed by atoms with van der Waals surface area (Å²) < 4.78 is 1.70. The van der Waals surface area contributed by atoms with Crippen LogP contribution in [0.5, 0.6) is 0 Å². The van der Waals surface area contributed by atoms with Crippen LogP contribution < -0.4 is 5.56 Å². The lowest BCUT2D eigenvalue weighted by atomic mass is 10.0. The van der Waals surface area contributed by atoms with E-state index in [0.29, 0.717) is 11.4 Å². The van der Waals surface area contributed by atoms with Crippen LogP contribution in [-0.4, -0.2) is 20.6 Å². The second-order valence-corrected chi connectivity index (χ2v) is 4.67. The average molecular weight is 236 g/mol. The summed E-state index contributed by atoms with van der Waals surface area (Å²) in [6.45, 7) is 3.56. The van der Waals surface area contributed by atoms with Gasteiger partial charge >= 0.3 is 5.97 Å². The third-order valence-electron chi connectivity index (χ3n) is 3.13. The van der Waals surface area contributed by atoms with E-state index < -0.39 is 5.97 Å². The SMILES string of the molecule is Cc1ncc(C(C)CC(=O)O)c(=O)n1C1CC1. The third kappa shape index (κ3) is 2.38. The molecule has 92 valence electrons. The number of aliphatic carboxylic acids is 1. The molecule has 1 aliphatic rings. The molecule has 1 unspecified atom stereocenters. The summed E-state index contributed by atoms with van der Waals surface area (Å²) in [7, 11) is 0. The van der Waals surface area contributed by atoms with Gasteiger partial charge in [-0.05, 0) is 25.7 Å². The fraction of sp³-hybridized carbons (Fsp3) is 0.583. The van der Waals surface area contributed by atoms with E-state index in [4.69, 9.17) is 5.11 Å². The highest BCUT2D eigenvalue weighted by molar-refractivity contribution is 5.67. The minimum absolute atomic E-state index is 0.0371. The van der Waals surface area contributed by atoms with Crippen molar-refractivity contribution in [3.05, 3.63) is 27.9 Å². The van der Waals surface area contributed by atoms with E-state index in [1.807, 2.05) is 6.92 Å². The van der Waals surface area contributed by atoms with Crippen molar-refractivity contribution in [1.82, 2.24) is 9.55 Å². The van der Waals surface area contributed by atoms with Crippen LogP contribution in [-0.2, 0) is 4.79 Å². The van der Waals surface area contributed by atoms with Crippen LogP contribution in [0.2, 0.25) is 0 Å². The Kier molecular flexibility index (Phi) is 3.00. The van der Waals surface area contributed by atoms with E-state index in [0.717, 1.165) is 12.8 Å². The first-order chi connectivity index (χ1) is 8.00. The molecule has 0 aliphatic heterocycles. The van der Waals surface area contributed by atoms with Crippen LogP contribution >= 0.6 is 0 Å². The average Bonchev–Trinajstić information content (AvgIpc) is 3.00. The fourth-order valence-corrected chi connectivity index (χ4v) is 2.04. The first-order valence-electron chi connectivity index (χ1n) is 5.80. The molecule has 1 fully saturated rings. The molecule has 1 aromatic rings. The van der Waals surface area contributed by atoms with Gasteiger partial charge in [0.2, 0.25) is 0 Å². The Bertz CT molecular complexity index is 503. The standard InChI is InChI=1S/C12H16N2O3/c1-7(5-11(15)16)10-6-13-8(2)14(12(10)17)9-3-4-9/h6-7,9H,3-5H2,1-2H3,(H,15,16). The van der Waals surface area contributed by atoms with E-state index in [-0.39, 0.29) is 23.9 Å². The Labute approximate surface area is 99.1 Å². The Morgan fingerprint density at radius 2 is 2.29 bits per heavy atom. The third-order valence-corrected chi connectivity index (χ3v) is 3.13. The van der Waals surface area contributed by atoms with Crippen molar-refractivity contribution < 1.29 is 9.90 Å². The maximum Gasteiger partial charge on any atom is 0.303 e. The van der Waals surface area contributed by atoms with E-state index in [9.17, 15) is 9.59 Å². The van der Waals surface area contributed by atoms with Gasteiger partial charge in [0.05, 0.1) is 6.42 Å². The zero-order chi connectivity index (χ0) is 12.6. The highest BCUT2D eigenvalue weighted by atomic mass is 16.4. The molecular weight excluding hydrogens is 220 g/mol. The van der Waals surface area contributed by atoms with Crippen LogP contribution in [0.25, 0.3) is 0 Å². The van der Waals surface area contributed by atoms with Crippen molar-refractivity contribution in [2.75, 3.05) is 0 Å². The Morgan fingerprint density at radius 3 is 2.82 bits per heavy atom. The van der Waals surface area contributed by atoms with Gasteiger partial charge in [-0.3, -0.25) is 14.2 Å². The molecule has 5 heteroatoms. The highest BCUT2D eigenvalue weighted by Gasteiger charge is 2.28. The molecule has 1 atom stereocenters. The Balaban J connectivity index is 2.38. The molecule has 0 bridgehead atoms. The van der Waals surface area contributed by atoms with E-state index in [1.165, 1.54) is 6.20 Å². The lowest BCUT2D eigenvalue weighted by molar-refractivity contribution is -0.137. The number of carboxylic acid groups (broad SMARTS) is 1. The minimum atomic E-state index is -0.893. The second kappa shape index (κ2) is 4.31. The molecule has 1 aromatic heterocycles. The van der Waals surface area contributed by atoms with Crippen LogP contribution in [0.1, 0.15) is 49.5 Å². The van der Waals surface area contributed by atoms with Gasteiger partial charge in [0, 0.05) is 17.8 Å². The molecule has 1 saturated carbocycles. The van der Waals surface area contributed by atoms with Gasteiger partial charge in [0.1, 0.15) is 5.82 Å². The summed E-state index contributed by atoms with van der Waals surface area (Å²) in [4.78, 5) is 27.1. The zero-order valence-electron chi connectivity index (χ0n) is 10.0. The van der Waals surface area contributed by atoms with Gasteiger partial charge in [-0.15, -0.1) is 0 Å². The van der Waals surface area contributed by atoms with Gasteiger partial charge in [-0.2, -0.15) is 0 Å². The molecule has 1 aliphatic carbocycles. The molecule has 0 saturated heterocycles. The molecule has 1 heterocycles. The van der Waals surface area contributed by atoms with Gasteiger partial charge in [0.15, 0.2) is 0 Å². The number of hydrogen-bond donors (Lipinski definition) is 1. The summed E-state index contributed by atoms with van der Waals surface area (Å²) >= 11 is 0. The van der Waals surface area contributed by atoms with Gasteiger partial charge < -0.3 is 5.11 Å². The maximum atomic E-state index is 12.2. The number of hydrogen-bond acceptors (Lipinski definition) is 3. The van der Waals surface area contributed by atoms with Gasteiger partial charge in [-0.25, -0.2) is 4.98 Å². The number of nitrogens with zero attached hydrogens (tertiary/aromatic N) is 2. The van der Waals surface area contributed by atoms with Crippen molar-refractivity contribution in [1.29, 1.82) is 0 Å². The van der Waals surface area contributed by atoms with Crippen molar-refractivity contribution in [3.8, 4) is 0 Å². The van der Waals surface area contributed by atoms with Gasteiger partial charge in [-0.1, -0.05) is 6.92 Å². The molecule has 1 N–H and O–H groups in total. The molecule has 17 heavy (non-hydrogen) atoms. The molecule has 0 spiro atoms. The first-order valence-corrected chi connectivity index (χ1v) is 5.80. The van der Waals surface area contributed by atoms with Gasteiger partial charge in [0.25, 0.3) is 5.56 Å². The molecule has 5 nitrogen and oxygen atoms in total. The molecule has 2 rings (SSSR count). The normalized spacial score (nSPS) is 16.8. The number of carboxylic acids is 1. The van der Waals surface area contributed by atoms with Crippen LogP contribution in [0.4, 0.5) is 0 Å². The zero-order valence-corrected chi connectivity index (χ0v) is 10.0.